The normalized spacial score (nSPS) is 11.8. The molecule has 0 fully saturated rings. The minimum atomic E-state index is -4.55. The molecule has 0 spiro atoms. The van der Waals surface area contributed by atoms with E-state index in [1.165, 1.54) is 0 Å². The van der Waals surface area contributed by atoms with E-state index in [-0.39, 0.29) is 17.9 Å². The molecule has 0 unspecified atom stereocenters. The fourth-order valence-corrected chi connectivity index (χ4v) is 1.51. The summed E-state index contributed by atoms with van der Waals surface area (Å²) in [7, 11) is 0. The highest BCUT2D eigenvalue weighted by molar-refractivity contribution is 5.42. The summed E-state index contributed by atoms with van der Waals surface area (Å²) in [4.78, 5) is 7.09. The van der Waals surface area contributed by atoms with Crippen LogP contribution < -0.4 is 16.6 Å². The molecule has 0 aliphatic heterocycles. The number of nitrogens with zero attached hydrogens (tertiary/aromatic N) is 2. The molecule has 0 saturated carbocycles. The molecular weight excluding hydrogens is 287 g/mol. The number of unbranched alkanes of at least 4 members (excludes halogenated alkanes) is 1. The Morgan fingerprint density at radius 1 is 1.29 bits per heavy atom. The Hall–Kier alpha value is -1.61. The molecule has 0 radical (unpaired) electrons. The van der Waals surface area contributed by atoms with E-state index in [1.54, 1.807) is 0 Å². The fourth-order valence-electron chi connectivity index (χ4n) is 1.51. The minimum Gasteiger partial charge on any atom is -0.379 e. The van der Waals surface area contributed by atoms with Crippen LogP contribution in [-0.4, -0.2) is 29.2 Å². The highest BCUT2D eigenvalue weighted by Gasteiger charge is 2.33. The monoisotopic (exact) mass is 307 g/mol. The van der Waals surface area contributed by atoms with Crippen LogP contribution in [0.25, 0.3) is 0 Å². The molecule has 1 aromatic rings. The van der Waals surface area contributed by atoms with Crippen molar-refractivity contribution < 1.29 is 17.9 Å². The number of hydrogen-bond donors (Lipinski definition) is 3. The van der Waals surface area contributed by atoms with Gasteiger partial charge >= 0.3 is 6.18 Å². The van der Waals surface area contributed by atoms with Gasteiger partial charge in [0.25, 0.3) is 0 Å². The number of nitrogens with two attached hydrogens (primary N) is 1. The van der Waals surface area contributed by atoms with Gasteiger partial charge in [0.15, 0.2) is 5.69 Å². The maximum Gasteiger partial charge on any atom is 0.433 e. The second-order valence-corrected chi connectivity index (χ2v) is 4.66. The summed E-state index contributed by atoms with van der Waals surface area (Å²) in [5, 5.41) is 2.82. The smallest absolute Gasteiger partial charge is 0.379 e. The Bertz CT molecular complexity index is 439. The lowest BCUT2D eigenvalue weighted by molar-refractivity contribution is -0.141. The van der Waals surface area contributed by atoms with E-state index < -0.39 is 11.9 Å². The molecule has 0 aliphatic rings. The highest BCUT2D eigenvalue weighted by Crippen LogP contribution is 2.29. The zero-order valence-electron chi connectivity index (χ0n) is 12.0. The van der Waals surface area contributed by atoms with E-state index in [0.29, 0.717) is 13.2 Å². The van der Waals surface area contributed by atoms with Gasteiger partial charge in [0, 0.05) is 19.2 Å². The van der Waals surface area contributed by atoms with Gasteiger partial charge in [0.05, 0.1) is 6.10 Å². The molecular formula is C12H20F3N5O. The Balaban J connectivity index is 2.51. The molecule has 0 aromatic carbocycles. The number of aromatic nitrogens is 2. The molecule has 1 heterocycles. The van der Waals surface area contributed by atoms with E-state index >= 15 is 0 Å². The molecule has 1 rings (SSSR count). The van der Waals surface area contributed by atoms with Crippen LogP contribution in [-0.2, 0) is 10.9 Å². The number of alkyl halides is 3. The average molecular weight is 307 g/mol. The van der Waals surface area contributed by atoms with Crippen molar-refractivity contribution >= 4 is 11.8 Å². The van der Waals surface area contributed by atoms with Gasteiger partial charge in [-0.1, -0.05) is 0 Å². The van der Waals surface area contributed by atoms with Crippen LogP contribution in [0.5, 0.6) is 0 Å². The SMILES string of the molecule is CC(C)OCCCCNc1cc(C(F)(F)F)nc(NN)n1. The number of nitrogens with one attached hydrogen (secondary N) is 2. The number of ether oxygens (including phenoxy) is 1. The molecule has 0 atom stereocenters. The van der Waals surface area contributed by atoms with Crippen molar-refractivity contribution in [3.63, 3.8) is 0 Å². The number of hydrazine groups is 1. The first-order valence-corrected chi connectivity index (χ1v) is 6.61. The fraction of sp³-hybridized carbons (Fsp3) is 0.667. The summed E-state index contributed by atoms with van der Waals surface area (Å²) >= 11 is 0. The average Bonchev–Trinajstić information content (AvgIpc) is 2.41. The topological polar surface area (TPSA) is 85.1 Å². The molecule has 4 N–H and O–H groups in total. The minimum absolute atomic E-state index is 0.0788. The van der Waals surface area contributed by atoms with Crippen LogP contribution in [0, 0.1) is 0 Å². The molecule has 0 bridgehead atoms. The van der Waals surface area contributed by atoms with Gasteiger partial charge in [-0.15, -0.1) is 0 Å². The third-order valence-electron chi connectivity index (χ3n) is 2.47. The summed E-state index contributed by atoms with van der Waals surface area (Å²) in [6.45, 7) is 4.99. The van der Waals surface area contributed by atoms with Gasteiger partial charge in [-0.25, -0.2) is 10.8 Å². The van der Waals surface area contributed by atoms with Crippen LogP contribution in [0.1, 0.15) is 32.4 Å². The number of rotatable bonds is 8. The zero-order chi connectivity index (χ0) is 15.9. The third-order valence-corrected chi connectivity index (χ3v) is 2.47. The van der Waals surface area contributed by atoms with Crippen LogP contribution in [0.4, 0.5) is 24.9 Å². The van der Waals surface area contributed by atoms with Crippen LogP contribution in [0.15, 0.2) is 6.07 Å². The lowest BCUT2D eigenvalue weighted by Gasteiger charge is -2.11. The van der Waals surface area contributed by atoms with Crippen molar-refractivity contribution in [2.45, 2.75) is 39.0 Å². The number of hydrogen-bond acceptors (Lipinski definition) is 6. The second kappa shape index (κ2) is 7.99. The third kappa shape index (κ3) is 6.58. The maximum atomic E-state index is 12.6. The Labute approximate surface area is 121 Å². The van der Waals surface area contributed by atoms with E-state index in [9.17, 15) is 13.2 Å². The van der Waals surface area contributed by atoms with Gasteiger partial charge in [0.2, 0.25) is 5.95 Å². The number of halogens is 3. The van der Waals surface area contributed by atoms with Gasteiger partial charge < -0.3 is 10.1 Å². The first kappa shape index (κ1) is 17.4. The van der Waals surface area contributed by atoms with Crippen molar-refractivity contribution in [3.8, 4) is 0 Å². The van der Waals surface area contributed by atoms with E-state index in [1.807, 2.05) is 19.3 Å². The molecule has 1 aromatic heterocycles. The summed E-state index contributed by atoms with van der Waals surface area (Å²) in [6.07, 6.45) is -2.81. The lowest BCUT2D eigenvalue weighted by Crippen LogP contribution is -2.17. The number of anilines is 2. The Morgan fingerprint density at radius 2 is 2.00 bits per heavy atom. The van der Waals surface area contributed by atoms with E-state index in [0.717, 1.165) is 18.9 Å². The lowest BCUT2D eigenvalue weighted by atomic mass is 10.3. The molecule has 6 nitrogen and oxygen atoms in total. The molecule has 9 heteroatoms. The Kier molecular flexibility index (Phi) is 6.63. The summed E-state index contributed by atoms with van der Waals surface area (Å²) in [5.41, 5.74) is 0.976. The van der Waals surface area contributed by atoms with Gasteiger partial charge in [0.1, 0.15) is 5.82 Å². The molecule has 21 heavy (non-hydrogen) atoms. The molecule has 0 saturated heterocycles. The predicted octanol–water partition coefficient (Wildman–Crippen LogP) is 2.40. The van der Waals surface area contributed by atoms with E-state index in [4.69, 9.17) is 10.6 Å². The largest absolute Gasteiger partial charge is 0.433 e. The van der Waals surface area contributed by atoms with Gasteiger partial charge in [-0.3, -0.25) is 5.43 Å². The predicted molar refractivity (Wildman–Crippen MR) is 73.7 cm³/mol. The standard InChI is InChI=1S/C12H20F3N5O/c1-8(2)21-6-4-3-5-17-10-7-9(12(13,14)15)18-11(19-10)20-16/h7-8H,3-6,16H2,1-2H3,(H2,17,18,19,20). The first-order valence-electron chi connectivity index (χ1n) is 6.61. The van der Waals surface area contributed by atoms with Gasteiger partial charge in [-0.05, 0) is 26.7 Å². The van der Waals surface area contributed by atoms with Crippen molar-refractivity contribution in [2.75, 3.05) is 23.9 Å². The second-order valence-electron chi connectivity index (χ2n) is 4.66. The maximum absolute atomic E-state index is 12.6. The first-order chi connectivity index (χ1) is 9.82. The highest BCUT2D eigenvalue weighted by atomic mass is 19.4. The van der Waals surface area contributed by atoms with Crippen molar-refractivity contribution in [3.05, 3.63) is 11.8 Å². The van der Waals surface area contributed by atoms with Crippen LogP contribution in [0.2, 0.25) is 0 Å². The van der Waals surface area contributed by atoms with E-state index in [2.05, 4.69) is 15.3 Å². The molecule has 120 valence electrons. The quantitative estimate of drug-likeness (QED) is 0.388. The zero-order valence-corrected chi connectivity index (χ0v) is 12.0. The van der Waals surface area contributed by atoms with Crippen molar-refractivity contribution in [1.82, 2.24) is 9.97 Å². The summed E-state index contributed by atoms with van der Waals surface area (Å²) < 4.78 is 43.3. The summed E-state index contributed by atoms with van der Waals surface area (Å²) in [5.74, 6) is 4.86. The van der Waals surface area contributed by atoms with Crippen LogP contribution >= 0.6 is 0 Å². The number of nitrogen functional groups attached to an aromatic ring is 1. The van der Waals surface area contributed by atoms with Crippen molar-refractivity contribution in [1.29, 1.82) is 0 Å². The summed E-state index contributed by atoms with van der Waals surface area (Å²) in [6, 6.07) is 0.853. The van der Waals surface area contributed by atoms with Crippen molar-refractivity contribution in [2.24, 2.45) is 5.84 Å². The van der Waals surface area contributed by atoms with Gasteiger partial charge in [-0.2, -0.15) is 18.2 Å². The van der Waals surface area contributed by atoms with Crippen LogP contribution in [0.3, 0.4) is 0 Å². The molecule has 0 amide bonds. The Morgan fingerprint density at radius 3 is 2.57 bits per heavy atom. The molecule has 0 aliphatic carbocycles.